The molecule has 6 nitrogen and oxygen atoms in total. The summed E-state index contributed by atoms with van der Waals surface area (Å²) in [5, 5.41) is 10.6. The van der Waals surface area contributed by atoms with Gasteiger partial charge in [-0.15, -0.1) is 0 Å². The highest BCUT2D eigenvalue weighted by atomic mass is 35.5. The minimum absolute atomic E-state index is 0.416. The second-order valence-electron chi connectivity index (χ2n) is 2.85. The van der Waals surface area contributed by atoms with Gasteiger partial charge in [-0.1, -0.05) is 23.4 Å². The van der Waals surface area contributed by atoms with Crippen LogP contribution in [0.5, 0.6) is 0 Å². The molecule has 0 aliphatic rings. The Morgan fingerprint density at radius 1 is 1.50 bits per heavy atom. The third-order valence-corrected chi connectivity index (χ3v) is 2.50. The minimum Gasteiger partial charge on any atom is -0.363 e. The number of nitrogens with one attached hydrogen (secondary N) is 2. The summed E-state index contributed by atoms with van der Waals surface area (Å²) in [5.74, 6) is 1.40. The highest BCUT2D eigenvalue weighted by molar-refractivity contribution is 7.98. The molecule has 0 aliphatic carbocycles. The molecule has 2 rings (SSSR count). The van der Waals surface area contributed by atoms with Crippen LogP contribution in [0.15, 0.2) is 17.6 Å². The molecule has 0 spiro atoms. The third kappa shape index (κ3) is 2.83. The molecule has 0 aromatic carbocycles. The zero-order chi connectivity index (χ0) is 11.4. The van der Waals surface area contributed by atoms with Gasteiger partial charge in [0.15, 0.2) is 5.16 Å². The quantitative estimate of drug-likeness (QED) is 0.491. The van der Waals surface area contributed by atoms with Crippen molar-refractivity contribution in [3.8, 4) is 0 Å². The van der Waals surface area contributed by atoms with Crippen LogP contribution >= 0.6 is 23.4 Å². The molecule has 2 aromatic heterocycles. The van der Waals surface area contributed by atoms with Gasteiger partial charge in [-0.05, 0) is 6.26 Å². The molecule has 0 unspecified atom stereocenters. The van der Waals surface area contributed by atoms with Crippen molar-refractivity contribution in [2.75, 3.05) is 11.6 Å². The Kier molecular flexibility index (Phi) is 3.58. The third-order valence-electron chi connectivity index (χ3n) is 1.76. The Balaban J connectivity index is 2.06. The number of halogens is 1. The van der Waals surface area contributed by atoms with E-state index in [0.29, 0.717) is 22.7 Å². The molecule has 0 amide bonds. The van der Waals surface area contributed by atoms with Crippen LogP contribution in [0.4, 0.5) is 5.82 Å². The van der Waals surface area contributed by atoms with Crippen LogP contribution in [0.3, 0.4) is 0 Å². The number of rotatable bonds is 4. The SMILES string of the molecule is CSc1nc(Cl)cc(NCc2ncn[nH]2)n1. The summed E-state index contributed by atoms with van der Waals surface area (Å²) in [6.45, 7) is 0.515. The fourth-order valence-corrected chi connectivity index (χ4v) is 1.68. The minimum atomic E-state index is 0.416. The summed E-state index contributed by atoms with van der Waals surface area (Å²) in [6, 6.07) is 1.66. The first-order valence-electron chi connectivity index (χ1n) is 4.44. The largest absolute Gasteiger partial charge is 0.363 e. The molecule has 2 N–H and O–H groups in total. The second-order valence-corrected chi connectivity index (χ2v) is 4.01. The van der Waals surface area contributed by atoms with Crippen molar-refractivity contribution >= 4 is 29.2 Å². The average Bonchev–Trinajstić information content (AvgIpc) is 2.78. The summed E-state index contributed by atoms with van der Waals surface area (Å²) in [6.07, 6.45) is 3.35. The number of hydrogen-bond donors (Lipinski definition) is 2. The standard InChI is InChI=1S/C8H9ClN6S/c1-16-8-13-5(9)2-6(14-8)10-3-7-11-4-12-15-7/h2,4H,3H2,1H3,(H,10,13,14)(H,11,12,15). The number of nitrogens with zero attached hydrogens (tertiary/aromatic N) is 4. The normalized spacial score (nSPS) is 10.4. The van der Waals surface area contributed by atoms with Crippen LogP contribution in [0, 0.1) is 0 Å². The van der Waals surface area contributed by atoms with Crippen LogP contribution in [0.1, 0.15) is 5.82 Å². The Bertz CT molecular complexity index is 460. The van der Waals surface area contributed by atoms with Gasteiger partial charge in [0.05, 0.1) is 6.54 Å². The van der Waals surface area contributed by atoms with Gasteiger partial charge in [0, 0.05) is 6.07 Å². The van der Waals surface area contributed by atoms with Crippen molar-refractivity contribution in [2.45, 2.75) is 11.7 Å². The maximum absolute atomic E-state index is 5.85. The maximum Gasteiger partial charge on any atom is 0.190 e. The molecule has 0 bridgehead atoms. The molecular weight excluding hydrogens is 248 g/mol. The van der Waals surface area contributed by atoms with E-state index in [2.05, 4.69) is 30.5 Å². The lowest BCUT2D eigenvalue weighted by Crippen LogP contribution is -2.04. The van der Waals surface area contributed by atoms with Gasteiger partial charge in [0.1, 0.15) is 23.1 Å². The predicted octanol–water partition coefficient (Wildman–Crippen LogP) is 1.58. The highest BCUT2D eigenvalue weighted by Gasteiger charge is 2.02. The second kappa shape index (κ2) is 5.13. The molecular formula is C8H9ClN6S. The van der Waals surface area contributed by atoms with Gasteiger partial charge in [-0.2, -0.15) is 5.10 Å². The summed E-state index contributed by atoms with van der Waals surface area (Å²) >= 11 is 7.29. The summed E-state index contributed by atoms with van der Waals surface area (Å²) in [7, 11) is 0. The number of hydrogen-bond acceptors (Lipinski definition) is 6. The van der Waals surface area contributed by atoms with Crippen LogP contribution < -0.4 is 5.32 Å². The fourth-order valence-electron chi connectivity index (χ4n) is 1.07. The number of anilines is 1. The van der Waals surface area contributed by atoms with E-state index in [1.54, 1.807) is 6.07 Å². The number of H-pyrrole nitrogens is 1. The van der Waals surface area contributed by atoms with Crippen LogP contribution in [-0.2, 0) is 6.54 Å². The topological polar surface area (TPSA) is 79.4 Å². The number of aromatic amines is 1. The molecule has 0 fully saturated rings. The van der Waals surface area contributed by atoms with Crippen molar-refractivity contribution in [1.29, 1.82) is 0 Å². The van der Waals surface area contributed by atoms with Gasteiger partial charge < -0.3 is 5.32 Å². The molecule has 2 heterocycles. The lowest BCUT2D eigenvalue weighted by Gasteiger charge is -2.04. The van der Waals surface area contributed by atoms with Gasteiger partial charge in [0.2, 0.25) is 0 Å². The number of aromatic nitrogens is 5. The molecule has 0 atom stereocenters. The Labute approximate surface area is 101 Å². The number of thioether (sulfide) groups is 1. The molecule has 84 valence electrons. The van der Waals surface area contributed by atoms with Gasteiger partial charge in [-0.3, -0.25) is 5.10 Å². The van der Waals surface area contributed by atoms with E-state index in [1.165, 1.54) is 18.1 Å². The zero-order valence-corrected chi connectivity index (χ0v) is 10.0. The van der Waals surface area contributed by atoms with Crippen molar-refractivity contribution in [2.24, 2.45) is 0 Å². The van der Waals surface area contributed by atoms with Gasteiger partial charge in [-0.25, -0.2) is 15.0 Å². The van der Waals surface area contributed by atoms with Crippen molar-refractivity contribution in [3.05, 3.63) is 23.4 Å². The van der Waals surface area contributed by atoms with Crippen molar-refractivity contribution < 1.29 is 0 Å². The summed E-state index contributed by atoms with van der Waals surface area (Å²) in [5.41, 5.74) is 0. The van der Waals surface area contributed by atoms with E-state index < -0.39 is 0 Å². The first-order valence-corrected chi connectivity index (χ1v) is 6.05. The molecule has 16 heavy (non-hydrogen) atoms. The average molecular weight is 257 g/mol. The Morgan fingerprint density at radius 2 is 2.38 bits per heavy atom. The Morgan fingerprint density at radius 3 is 3.06 bits per heavy atom. The lowest BCUT2D eigenvalue weighted by atomic mass is 10.5. The predicted molar refractivity (Wildman–Crippen MR) is 62.5 cm³/mol. The van der Waals surface area contributed by atoms with E-state index in [1.807, 2.05) is 6.26 Å². The molecule has 0 saturated heterocycles. The van der Waals surface area contributed by atoms with Crippen LogP contribution in [0.2, 0.25) is 5.15 Å². The molecule has 8 heteroatoms. The van der Waals surface area contributed by atoms with E-state index >= 15 is 0 Å². The smallest absolute Gasteiger partial charge is 0.190 e. The van der Waals surface area contributed by atoms with E-state index in [0.717, 1.165) is 5.82 Å². The molecule has 0 saturated carbocycles. The fraction of sp³-hybridized carbons (Fsp3) is 0.250. The molecule has 2 aromatic rings. The van der Waals surface area contributed by atoms with Crippen molar-refractivity contribution in [3.63, 3.8) is 0 Å². The monoisotopic (exact) mass is 256 g/mol. The van der Waals surface area contributed by atoms with Gasteiger partial charge in [0.25, 0.3) is 0 Å². The first-order chi connectivity index (χ1) is 7.78. The summed E-state index contributed by atoms with van der Waals surface area (Å²) < 4.78 is 0. The first kappa shape index (κ1) is 11.2. The van der Waals surface area contributed by atoms with Gasteiger partial charge >= 0.3 is 0 Å². The maximum atomic E-state index is 5.85. The zero-order valence-electron chi connectivity index (χ0n) is 8.44. The lowest BCUT2D eigenvalue weighted by molar-refractivity contribution is 0.918. The molecule has 0 aliphatic heterocycles. The van der Waals surface area contributed by atoms with Crippen molar-refractivity contribution in [1.82, 2.24) is 25.1 Å². The van der Waals surface area contributed by atoms with E-state index in [-0.39, 0.29) is 0 Å². The van der Waals surface area contributed by atoms with Crippen LogP contribution in [-0.4, -0.2) is 31.4 Å². The van der Waals surface area contributed by atoms with Crippen LogP contribution in [0.25, 0.3) is 0 Å². The highest BCUT2D eigenvalue weighted by Crippen LogP contribution is 2.17. The Hall–Kier alpha value is -1.34. The van der Waals surface area contributed by atoms with E-state index in [4.69, 9.17) is 11.6 Å². The summed E-state index contributed by atoms with van der Waals surface area (Å²) in [4.78, 5) is 12.3. The molecule has 0 radical (unpaired) electrons. The van der Waals surface area contributed by atoms with E-state index in [9.17, 15) is 0 Å².